The van der Waals surface area contributed by atoms with Crippen molar-refractivity contribution in [2.24, 2.45) is 10.1 Å². The highest BCUT2D eigenvalue weighted by atomic mass is 16.5. The molecule has 0 saturated carbocycles. The number of aliphatic imine (C=N–C) groups is 1. The number of benzene rings is 3. The van der Waals surface area contributed by atoms with E-state index in [1.54, 1.807) is 18.2 Å². The average molecular weight is 567 g/mol. The molecule has 10 heteroatoms. The van der Waals surface area contributed by atoms with E-state index >= 15 is 0 Å². The molecule has 0 aromatic heterocycles. The number of nitrogens with one attached hydrogen (secondary N) is 2. The maximum atomic E-state index is 14.1. The number of hydrogen-bond acceptors (Lipinski definition) is 7. The summed E-state index contributed by atoms with van der Waals surface area (Å²) >= 11 is 0. The molecule has 1 amide bonds. The molecule has 42 heavy (non-hydrogen) atoms. The molecule has 5 rings (SSSR count). The van der Waals surface area contributed by atoms with E-state index in [1.807, 2.05) is 48.5 Å². The van der Waals surface area contributed by atoms with Crippen LogP contribution in [0.25, 0.3) is 10.4 Å². The molecule has 1 aliphatic carbocycles. The van der Waals surface area contributed by atoms with Gasteiger partial charge >= 0.3 is 0 Å². The second kappa shape index (κ2) is 13.4. The Kier molecular flexibility index (Phi) is 9.18. The highest BCUT2D eigenvalue weighted by Gasteiger charge is 2.53. The van der Waals surface area contributed by atoms with E-state index in [9.17, 15) is 4.79 Å². The number of aliphatic hydroxyl groups excluding tert-OH is 1. The first kappa shape index (κ1) is 28.9. The molecule has 0 spiro atoms. The Morgan fingerprint density at radius 1 is 1.14 bits per heavy atom. The predicted octanol–water partition coefficient (Wildman–Crippen LogP) is 4.88. The molecule has 2 aliphatic rings. The van der Waals surface area contributed by atoms with Gasteiger partial charge in [0.15, 0.2) is 11.6 Å². The van der Waals surface area contributed by atoms with E-state index in [2.05, 4.69) is 39.6 Å². The number of aliphatic hydroxyl groups is 1. The summed E-state index contributed by atoms with van der Waals surface area (Å²) in [7, 11) is 0. The Morgan fingerprint density at radius 2 is 1.86 bits per heavy atom. The van der Waals surface area contributed by atoms with Crippen molar-refractivity contribution in [1.29, 1.82) is 0 Å². The van der Waals surface area contributed by atoms with Crippen LogP contribution in [-0.2, 0) is 28.9 Å². The molecule has 0 unspecified atom stereocenters. The van der Waals surface area contributed by atoms with Gasteiger partial charge in [-0.15, -0.1) is 6.58 Å². The number of amides is 1. The van der Waals surface area contributed by atoms with Gasteiger partial charge < -0.3 is 14.6 Å². The van der Waals surface area contributed by atoms with Gasteiger partial charge in [0.1, 0.15) is 5.75 Å². The van der Waals surface area contributed by atoms with Crippen LogP contribution in [0.3, 0.4) is 0 Å². The summed E-state index contributed by atoms with van der Waals surface area (Å²) in [6.07, 6.45) is 3.22. The molecule has 216 valence electrons. The fourth-order valence-electron chi connectivity index (χ4n) is 5.49. The first-order chi connectivity index (χ1) is 20.6. The Bertz CT molecular complexity index is 1480. The van der Waals surface area contributed by atoms with Gasteiger partial charge in [0, 0.05) is 36.0 Å². The molecule has 2 atom stereocenters. The van der Waals surface area contributed by atoms with Crippen LogP contribution < -0.4 is 15.6 Å². The van der Waals surface area contributed by atoms with Gasteiger partial charge in [0.25, 0.3) is 5.91 Å². The van der Waals surface area contributed by atoms with E-state index in [0.29, 0.717) is 35.8 Å². The smallest absolute Gasteiger partial charge is 0.266 e. The Labute approximate surface area is 244 Å². The molecule has 1 heterocycles. The van der Waals surface area contributed by atoms with Crippen LogP contribution in [0.1, 0.15) is 46.8 Å². The molecule has 0 bridgehead atoms. The summed E-state index contributed by atoms with van der Waals surface area (Å²) in [5, 5.41) is 12.8. The summed E-state index contributed by atoms with van der Waals surface area (Å²) in [6, 6.07) is 23.0. The Balaban J connectivity index is 1.46. The maximum absolute atomic E-state index is 14.1. The van der Waals surface area contributed by atoms with Crippen molar-refractivity contribution >= 4 is 11.8 Å². The number of azide groups is 1. The predicted molar refractivity (Wildman–Crippen MR) is 160 cm³/mol. The lowest BCUT2D eigenvalue weighted by Crippen LogP contribution is -2.55. The largest absolute Gasteiger partial charge is 0.494 e. The van der Waals surface area contributed by atoms with Gasteiger partial charge in [-0.25, -0.2) is 10.4 Å². The maximum Gasteiger partial charge on any atom is 0.266 e. The van der Waals surface area contributed by atoms with E-state index in [0.717, 1.165) is 18.4 Å². The first-order valence-electron chi connectivity index (χ1n) is 14.0. The minimum absolute atomic E-state index is 0.0481. The van der Waals surface area contributed by atoms with E-state index in [4.69, 9.17) is 25.1 Å². The van der Waals surface area contributed by atoms with Gasteiger partial charge in [-0.1, -0.05) is 59.7 Å². The van der Waals surface area contributed by atoms with Crippen LogP contribution in [0.4, 0.5) is 0 Å². The minimum Gasteiger partial charge on any atom is -0.494 e. The zero-order valence-electron chi connectivity index (χ0n) is 23.3. The van der Waals surface area contributed by atoms with E-state index in [-0.39, 0.29) is 31.5 Å². The third-order valence-electron chi connectivity index (χ3n) is 7.57. The summed E-state index contributed by atoms with van der Waals surface area (Å²) in [5.41, 5.74) is 18.4. The van der Waals surface area contributed by atoms with Crippen molar-refractivity contribution in [2.75, 3.05) is 13.2 Å². The minimum atomic E-state index is -1.38. The van der Waals surface area contributed by atoms with E-state index < -0.39 is 11.6 Å². The van der Waals surface area contributed by atoms with Gasteiger partial charge in [0.05, 0.1) is 13.2 Å². The van der Waals surface area contributed by atoms with Crippen molar-refractivity contribution in [3.63, 3.8) is 0 Å². The standard InChI is InChI=1S/C32H34N6O4/c1-2-16-32(31(40)37-36-26-19-23-8-3-4-9-24(23)20-26)29(28-11-6-5-10-25(28)21-34-38-33)42-30(35-32)22-12-14-27(15-13-22)41-18-7-17-39/h2-6,8-15,26,29,36,39H,1,7,16-21H2,(H,37,40)/t29-,32-/m0/s1. The lowest BCUT2D eigenvalue weighted by atomic mass is 9.83. The summed E-state index contributed by atoms with van der Waals surface area (Å²) in [4.78, 5) is 22.0. The summed E-state index contributed by atoms with van der Waals surface area (Å²) in [5.74, 6) is 0.616. The normalized spacial score (nSPS) is 19.3. The molecule has 10 nitrogen and oxygen atoms in total. The number of rotatable bonds is 13. The molecule has 3 N–H and O–H groups in total. The van der Waals surface area contributed by atoms with Crippen LogP contribution in [0.5, 0.6) is 5.75 Å². The number of ether oxygens (including phenoxy) is 2. The number of carbonyl (C=O) groups is 1. The fourth-order valence-corrected chi connectivity index (χ4v) is 5.49. The van der Waals surface area contributed by atoms with Crippen LogP contribution in [0.15, 0.2) is 95.6 Å². The zero-order chi connectivity index (χ0) is 29.4. The molecule has 3 aromatic carbocycles. The Morgan fingerprint density at radius 3 is 2.55 bits per heavy atom. The molecular formula is C32H34N6O4. The second-order valence-electron chi connectivity index (χ2n) is 10.3. The number of hydrazine groups is 1. The van der Waals surface area contributed by atoms with Crippen LogP contribution in [-0.4, -0.2) is 41.7 Å². The topological polar surface area (TPSA) is 141 Å². The van der Waals surface area contributed by atoms with Crippen molar-refractivity contribution in [3.8, 4) is 5.75 Å². The number of nitrogens with zero attached hydrogens (tertiary/aromatic N) is 4. The molecular weight excluding hydrogens is 532 g/mol. The summed E-state index contributed by atoms with van der Waals surface area (Å²) < 4.78 is 12.2. The lowest BCUT2D eigenvalue weighted by molar-refractivity contribution is -0.130. The molecule has 3 aromatic rings. The second-order valence-corrected chi connectivity index (χ2v) is 10.3. The third-order valence-corrected chi connectivity index (χ3v) is 7.57. The van der Waals surface area contributed by atoms with Crippen LogP contribution >= 0.6 is 0 Å². The lowest BCUT2D eigenvalue weighted by Gasteiger charge is -2.31. The van der Waals surface area contributed by atoms with Gasteiger partial charge in [-0.05, 0) is 64.9 Å². The van der Waals surface area contributed by atoms with Gasteiger partial charge in [-0.3, -0.25) is 10.2 Å². The number of carbonyl (C=O) groups excluding carboxylic acids is 1. The van der Waals surface area contributed by atoms with Crippen molar-refractivity contribution in [1.82, 2.24) is 10.9 Å². The van der Waals surface area contributed by atoms with Gasteiger partial charge in [-0.2, -0.15) is 0 Å². The SMILES string of the molecule is C=CC[C@]1(C(=O)NNC2Cc3ccccc3C2)N=C(c2ccc(OCCCO)cc2)O[C@H]1c1ccccc1CN=[N+]=[N-]. The number of fused-ring (bicyclic) bond motifs is 1. The highest BCUT2D eigenvalue weighted by Crippen LogP contribution is 2.44. The Hall–Kier alpha value is -4.63. The fraction of sp³-hybridized carbons (Fsp3) is 0.312. The van der Waals surface area contributed by atoms with Crippen molar-refractivity contribution in [2.45, 2.75) is 49.9 Å². The zero-order valence-corrected chi connectivity index (χ0v) is 23.3. The van der Waals surface area contributed by atoms with Crippen molar-refractivity contribution < 1.29 is 19.4 Å². The average Bonchev–Trinajstić information content (AvgIpc) is 3.62. The quantitative estimate of drug-likeness (QED) is 0.0675. The van der Waals surface area contributed by atoms with Crippen LogP contribution in [0, 0.1) is 0 Å². The molecule has 0 fully saturated rings. The summed E-state index contributed by atoms with van der Waals surface area (Å²) in [6.45, 7) is 4.50. The van der Waals surface area contributed by atoms with Gasteiger partial charge in [0.2, 0.25) is 5.90 Å². The molecule has 0 saturated heterocycles. The number of hydrogen-bond donors (Lipinski definition) is 3. The monoisotopic (exact) mass is 566 g/mol. The highest BCUT2D eigenvalue weighted by molar-refractivity contribution is 6.01. The van der Waals surface area contributed by atoms with Crippen LogP contribution in [0.2, 0.25) is 0 Å². The molecule has 1 aliphatic heterocycles. The molecule has 0 radical (unpaired) electrons. The first-order valence-corrected chi connectivity index (χ1v) is 14.0. The van der Waals surface area contributed by atoms with Crippen molar-refractivity contribution in [3.05, 3.63) is 124 Å². The third kappa shape index (κ3) is 6.16. The van der Waals surface area contributed by atoms with E-state index in [1.165, 1.54) is 11.1 Å².